The van der Waals surface area contributed by atoms with Crippen LogP contribution < -0.4 is 0 Å². The van der Waals surface area contributed by atoms with Crippen molar-refractivity contribution in [1.82, 2.24) is 0 Å². The zero-order valence-electron chi connectivity index (χ0n) is 14.9. The van der Waals surface area contributed by atoms with E-state index in [1.54, 1.807) is 0 Å². The van der Waals surface area contributed by atoms with Crippen LogP contribution in [0.15, 0.2) is 12.2 Å². The normalized spacial score (nSPS) is 36.9. The van der Waals surface area contributed by atoms with Crippen LogP contribution in [-0.2, 0) is 4.74 Å². The van der Waals surface area contributed by atoms with Crippen molar-refractivity contribution in [3.63, 3.8) is 0 Å². The van der Waals surface area contributed by atoms with Gasteiger partial charge in [-0.05, 0) is 94.2 Å². The zero-order chi connectivity index (χ0) is 16.4. The minimum atomic E-state index is -0.369. The van der Waals surface area contributed by atoms with Crippen LogP contribution >= 0.6 is 11.8 Å². The minimum absolute atomic E-state index is 0.0890. The lowest BCUT2D eigenvalue weighted by Crippen LogP contribution is -2.39. The molecular weight excluding hydrogens is 304 g/mol. The largest absolute Gasteiger partial charge is 0.452 e. The molecule has 2 saturated carbocycles. The van der Waals surface area contributed by atoms with Crippen molar-refractivity contribution >= 4 is 17.1 Å². The third-order valence-electron chi connectivity index (χ3n) is 6.06. The number of carbonyl (C=O) groups is 1. The van der Waals surface area contributed by atoms with Gasteiger partial charge in [0, 0.05) is 5.75 Å². The third kappa shape index (κ3) is 4.55. The van der Waals surface area contributed by atoms with Gasteiger partial charge in [-0.15, -0.1) is 0 Å². The first-order chi connectivity index (χ1) is 10.9. The molecule has 130 valence electrons. The van der Waals surface area contributed by atoms with E-state index in [0.717, 1.165) is 35.3 Å². The van der Waals surface area contributed by atoms with Crippen LogP contribution in [0.1, 0.15) is 65.7 Å². The van der Waals surface area contributed by atoms with E-state index < -0.39 is 0 Å². The molecule has 5 atom stereocenters. The van der Waals surface area contributed by atoms with Crippen molar-refractivity contribution in [3.8, 4) is 0 Å². The van der Waals surface area contributed by atoms with Crippen LogP contribution in [0, 0.1) is 29.6 Å². The van der Waals surface area contributed by atoms with Gasteiger partial charge >= 0.3 is 5.30 Å². The number of carbonyl (C=O) groups excluding carboxylic acids is 1. The first kappa shape index (κ1) is 17.4. The smallest absolute Gasteiger partial charge is 0.367 e. The van der Waals surface area contributed by atoms with Gasteiger partial charge in [-0.2, -0.15) is 0 Å². The topological polar surface area (TPSA) is 26.3 Å². The standard InChI is InChI=1S/C20H32O2S/c1-20(2,3)22-19(21)23-13-17-10-6-9-16-11-14-7-4-5-8-15(14)12-18(16)17/h4-5,14-18H,6-13H2,1-3H3/t14?,15-,16-,17+,18?/m1/s1. The van der Waals surface area contributed by atoms with E-state index in [9.17, 15) is 4.79 Å². The molecule has 0 spiro atoms. The fourth-order valence-corrected chi connectivity index (χ4v) is 6.11. The molecule has 0 aromatic rings. The van der Waals surface area contributed by atoms with Crippen LogP contribution in [0.4, 0.5) is 4.79 Å². The Morgan fingerprint density at radius 1 is 1.09 bits per heavy atom. The Hall–Kier alpha value is -0.440. The monoisotopic (exact) mass is 336 g/mol. The highest BCUT2D eigenvalue weighted by molar-refractivity contribution is 8.13. The van der Waals surface area contributed by atoms with E-state index >= 15 is 0 Å². The molecule has 23 heavy (non-hydrogen) atoms. The predicted octanol–water partition coefficient (Wildman–Crippen LogP) is 6.06. The summed E-state index contributed by atoms with van der Waals surface area (Å²) < 4.78 is 5.47. The Balaban J connectivity index is 1.55. The molecule has 0 radical (unpaired) electrons. The first-order valence-electron chi connectivity index (χ1n) is 9.43. The molecule has 0 aliphatic heterocycles. The van der Waals surface area contributed by atoms with E-state index in [1.165, 1.54) is 56.7 Å². The van der Waals surface area contributed by atoms with Gasteiger partial charge in [0.15, 0.2) is 0 Å². The van der Waals surface area contributed by atoms with E-state index in [1.807, 2.05) is 20.8 Å². The molecule has 0 bridgehead atoms. The van der Waals surface area contributed by atoms with Crippen molar-refractivity contribution < 1.29 is 9.53 Å². The van der Waals surface area contributed by atoms with Gasteiger partial charge in [0.05, 0.1) is 0 Å². The van der Waals surface area contributed by atoms with Crippen molar-refractivity contribution in [3.05, 3.63) is 12.2 Å². The number of rotatable bonds is 2. The van der Waals surface area contributed by atoms with E-state index in [4.69, 9.17) is 4.74 Å². The van der Waals surface area contributed by atoms with Crippen LogP contribution in [-0.4, -0.2) is 16.7 Å². The summed E-state index contributed by atoms with van der Waals surface area (Å²) in [6.45, 7) is 5.83. The molecule has 0 N–H and O–H groups in total. The highest BCUT2D eigenvalue weighted by Gasteiger charge is 2.42. The number of hydrogen-bond donors (Lipinski definition) is 0. The molecule has 0 heterocycles. The molecule has 0 saturated heterocycles. The minimum Gasteiger partial charge on any atom is -0.452 e. The van der Waals surface area contributed by atoms with Gasteiger partial charge in [0.2, 0.25) is 0 Å². The number of hydrogen-bond acceptors (Lipinski definition) is 3. The van der Waals surface area contributed by atoms with Crippen LogP contribution in [0.25, 0.3) is 0 Å². The van der Waals surface area contributed by atoms with Gasteiger partial charge in [-0.3, -0.25) is 0 Å². The average molecular weight is 337 g/mol. The molecule has 0 aromatic carbocycles. The average Bonchev–Trinajstić information content (AvgIpc) is 2.49. The molecule has 2 nitrogen and oxygen atoms in total. The molecule has 3 aliphatic carbocycles. The maximum atomic E-state index is 12.0. The van der Waals surface area contributed by atoms with Gasteiger partial charge < -0.3 is 4.74 Å². The molecule has 3 heteroatoms. The van der Waals surface area contributed by atoms with E-state index in [-0.39, 0.29) is 10.9 Å². The Kier molecular flexibility index (Phi) is 5.45. The number of ether oxygens (including phenoxy) is 1. The highest BCUT2D eigenvalue weighted by Crippen LogP contribution is 2.51. The summed E-state index contributed by atoms with van der Waals surface area (Å²) in [5.41, 5.74) is -0.369. The van der Waals surface area contributed by atoms with Gasteiger partial charge in [-0.1, -0.05) is 25.0 Å². The van der Waals surface area contributed by atoms with Crippen LogP contribution in [0.3, 0.4) is 0 Å². The third-order valence-corrected chi connectivity index (χ3v) is 6.97. The van der Waals surface area contributed by atoms with E-state index in [2.05, 4.69) is 12.2 Å². The Bertz CT molecular complexity index is 451. The maximum absolute atomic E-state index is 12.0. The SMILES string of the molecule is CC(C)(C)OC(=O)SC[C@@H]1CCC[C@@H]2CC3CC=CC[C@@H]3CC21. The summed E-state index contributed by atoms with van der Waals surface area (Å²) in [5.74, 6) is 5.31. The second-order valence-corrected chi connectivity index (χ2v) is 9.78. The van der Waals surface area contributed by atoms with Crippen LogP contribution in [0.2, 0.25) is 0 Å². The Morgan fingerprint density at radius 3 is 2.48 bits per heavy atom. The van der Waals surface area contributed by atoms with Gasteiger partial charge in [0.25, 0.3) is 0 Å². The maximum Gasteiger partial charge on any atom is 0.367 e. The summed E-state index contributed by atoms with van der Waals surface area (Å²) in [4.78, 5) is 12.0. The number of fused-ring (bicyclic) bond motifs is 2. The van der Waals surface area contributed by atoms with Gasteiger partial charge in [-0.25, -0.2) is 4.79 Å². The predicted molar refractivity (Wildman–Crippen MR) is 97.6 cm³/mol. The molecule has 3 aliphatic rings. The highest BCUT2D eigenvalue weighted by atomic mass is 32.2. The Labute approximate surface area is 145 Å². The molecular formula is C20H32O2S. The van der Waals surface area contributed by atoms with Crippen molar-refractivity contribution in [2.24, 2.45) is 29.6 Å². The van der Waals surface area contributed by atoms with Crippen LogP contribution in [0.5, 0.6) is 0 Å². The second kappa shape index (κ2) is 7.21. The van der Waals surface area contributed by atoms with Crippen molar-refractivity contribution in [2.75, 3.05) is 5.75 Å². The lowest BCUT2D eigenvalue weighted by atomic mass is 9.58. The molecule has 0 amide bonds. The number of allylic oxidation sites excluding steroid dienone is 2. The summed E-state index contributed by atoms with van der Waals surface area (Å²) >= 11 is 1.42. The molecule has 2 unspecified atom stereocenters. The van der Waals surface area contributed by atoms with Crippen molar-refractivity contribution in [2.45, 2.75) is 71.3 Å². The fourth-order valence-electron chi connectivity index (χ4n) is 5.04. The fraction of sp³-hybridized carbons (Fsp3) is 0.850. The zero-order valence-corrected chi connectivity index (χ0v) is 15.7. The lowest BCUT2D eigenvalue weighted by Gasteiger charge is -2.48. The van der Waals surface area contributed by atoms with Crippen molar-refractivity contribution in [1.29, 1.82) is 0 Å². The summed E-state index contributed by atoms with van der Waals surface area (Å²) in [6, 6.07) is 0. The number of thioether (sulfide) groups is 1. The molecule has 0 aromatic heterocycles. The lowest BCUT2D eigenvalue weighted by molar-refractivity contribution is 0.0429. The second-order valence-electron chi connectivity index (χ2n) is 8.82. The Morgan fingerprint density at radius 2 is 1.78 bits per heavy atom. The molecule has 2 fully saturated rings. The summed E-state index contributed by atoms with van der Waals surface area (Å²) in [5, 5.41) is -0.0890. The summed E-state index contributed by atoms with van der Waals surface area (Å²) in [7, 11) is 0. The quantitative estimate of drug-likeness (QED) is 0.452. The molecule has 3 rings (SSSR count). The van der Waals surface area contributed by atoms with E-state index in [0.29, 0.717) is 0 Å². The van der Waals surface area contributed by atoms with Gasteiger partial charge in [0.1, 0.15) is 5.60 Å². The summed E-state index contributed by atoms with van der Waals surface area (Å²) in [6.07, 6.45) is 14.3. The first-order valence-corrected chi connectivity index (χ1v) is 10.4.